The first-order valence-corrected chi connectivity index (χ1v) is 4.33. The quantitative estimate of drug-likeness (QED) is 0.691. The minimum absolute atomic E-state index is 0.0213. The van der Waals surface area contributed by atoms with Crippen molar-refractivity contribution in [1.82, 2.24) is 4.98 Å². The molecule has 0 spiro atoms. The van der Waals surface area contributed by atoms with Gasteiger partial charge in [-0.1, -0.05) is 30.3 Å². The molecular weight excluding hydrogens is 178 g/mol. The van der Waals surface area contributed by atoms with Crippen LogP contribution in [0.3, 0.4) is 0 Å². The molecule has 0 fully saturated rings. The van der Waals surface area contributed by atoms with Gasteiger partial charge >= 0.3 is 0 Å². The Morgan fingerprint density at radius 1 is 1.29 bits per heavy atom. The van der Waals surface area contributed by atoms with Gasteiger partial charge in [0.1, 0.15) is 6.26 Å². The first-order valence-electron chi connectivity index (χ1n) is 4.33. The third kappa shape index (κ3) is 1.88. The fourth-order valence-electron chi connectivity index (χ4n) is 1.20. The van der Waals surface area contributed by atoms with Gasteiger partial charge in [-0.3, -0.25) is 4.79 Å². The lowest BCUT2D eigenvalue weighted by Gasteiger charge is -1.96. The van der Waals surface area contributed by atoms with Crippen LogP contribution in [0.5, 0.6) is 0 Å². The maximum absolute atomic E-state index is 11.6. The van der Waals surface area contributed by atoms with Gasteiger partial charge in [0.2, 0.25) is 5.89 Å². The number of aromatic nitrogens is 1. The molecule has 70 valence electrons. The van der Waals surface area contributed by atoms with E-state index in [-0.39, 0.29) is 12.2 Å². The highest BCUT2D eigenvalue weighted by Gasteiger charge is 2.08. The lowest BCUT2D eigenvalue weighted by atomic mass is 10.1. The Kier molecular flexibility index (Phi) is 2.40. The molecule has 0 unspecified atom stereocenters. The molecule has 2 aromatic rings. The van der Waals surface area contributed by atoms with E-state index in [1.54, 1.807) is 12.1 Å². The van der Waals surface area contributed by atoms with Gasteiger partial charge in [-0.25, -0.2) is 4.98 Å². The molecule has 14 heavy (non-hydrogen) atoms. The van der Waals surface area contributed by atoms with Crippen LogP contribution in [0.2, 0.25) is 0 Å². The summed E-state index contributed by atoms with van der Waals surface area (Å²) in [4.78, 5) is 15.5. The predicted octanol–water partition coefficient (Wildman–Crippen LogP) is 2.10. The summed E-state index contributed by atoms with van der Waals surface area (Å²) in [5.41, 5.74) is 0.686. The lowest BCUT2D eigenvalue weighted by Crippen LogP contribution is -2.03. The highest BCUT2D eigenvalue weighted by atomic mass is 16.3. The van der Waals surface area contributed by atoms with Crippen LogP contribution in [-0.4, -0.2) is 10.8 Å². The van der Waals surface area contributed by atoms with Gasteiger partial charge in [0.05, 0.1) is 12.6 Å². The van der Waals surface area contributed by atoms with Crippen molar-refractivity contribution in [1.29, 1.82) is 0 Å². The molecule has 0 atom stereocenters. The molecule has 0 bridgehead atoms. The van der Waals surface area contributed by atoms with E-state index < -0.39 is 0 Å². The zero-order chi connectivity index (χ0) is 9.80. The zero-order valence-electron chi connectivity index (χ0n) is 7.51. The Hall–Kier alpha value is -1.90. The van der Waals surface area contributed by atoms with Gasteiger partial charge in [0.15, 0.2) is 5.78 Å². The summed E-state index contributed by atoms with van der Waals surface area (Å²) in [6.45, 7) is 0. The smallest absolute Gasteiger partial charge is 0.201 e. The summed E-state index contributed by atoms with van der Waals surface area (Å²) in [5, 5.41) is 0. The number of carbonyl (C=O) groups excluding carboxylic acids is 1. The number of hydrogen-bond donors (Lipinski definition) is 0. The fourth-order valence-corrected chi connectivity index (χ4v) is 1.20. The SMILES string of the molecule is O=C(Cc1ncco1)c1ccccc1. The Morgan fingerprint density at radius 2 is 2.07 bits per heavy atom. The molecule has 0 aliphatic heterocycles. The number of hydrogen-bond acceptors (Lipinski definition) is 3. The van der Waals surface area contributed by atoms with Crippen molar-refractivity contribution in [3.8, 4) is 0 Å². The summed E-state index contributed by atoms with van der Waals surface area (Å²) >= 11 is 0. The predicted molar refractivity (Wildman–Crippen MR) is 51.0 cm³/mol. The molecular formula is C11H9NO2. The van der Waals surface area contributed by atoms with Crippen LogP contribution in [0.4, 0.5) is 0 Å². The van der Waals surface area contributed by atoms with Crippen molar-refractivity contribution in [3.05, 3.63) is 54.2 Å². The van der Waals surface area contributed by atoms with Crippen LogP contribution in [-0.2, 0) is 6.42 Å². The third-order valence-electron chi connectivity index (χ3n) is 1.89. The Bertz CT molecular complexity index is 406. The van der Waals surface area contributed by atoms with Crippen molar-refractivity contribution in [2.75, 3.05) is 0 Å². The standard InChI is InChI=1S/C11H9NO2/c13-10(8-11-12-6-7-14-11)9-4-2-1-3-5-9/h1-7H,8H2. The second-order valence-electron chi connectivity index (χ2n) is 2.89. The fraction of sp³-hybridized carbons (Fsp3) is 0.0909. The summed E-state index contributed by atoms with van der Waals surface area (Å²) < 4.78 is 4.99. The van der Waals surface area contributed by atoms with E-state index in [1.807, 2.05) is 18.2 Å². The number of oxazole rings is 1. The maximum Gasteiger partial charge on any atom is 0.201 e. The van der Waals surface area contributed by atoms with Crippen molar-refractivity contribution < 1.29 is 9.21 Å². The molecule has 0 radical (unpaired) electrons. The van der Waals surface area contributed by atoms with Gasteiger partial charge in [-0.05, 0) is 0 Å². The molecule has 0 amide bonds. The molecule has 0 saturated carbocycles. The van der Waals surface area contributed by atoms with Crippen LogP contribution in [0, 0.1) is 0 Å². The summed E-state index contributed by atoms with van der Waals surface area (Å²) in [5.74, 6) is 0.479. The van der Waals surface area contributed by atoms with Gasteiger partial charge in [-0.2, -0.15) is 0 Å². The van der Waals surface area contributed by atoms with Gasteiger partial charge in [0.25, 0.3) is 0 Å². The van der Waals surface area contributed by atoms with Crippen LogP contribution in [0.1, 0.15) is 16.2 Å². The molecule has 0 aliphatic carbocycles. The molecule has 1 aromatic heterocycles. The van der Waals surface area contributed by atoms with Crippen molar-refractivity contribution >= 4 is 5.78 Å². The number of benzene rings is 1. The Labute approximate surface area is 81.4 Å². The van der Waals surface area contributed by atoms with Gasteiger partial charge < -0.3 is 4.42 Å². The molecule has 1 heterocycles. The summed E-state index contributed by atoms with van der Waals surface area (Å²) in [6, 6.07) is 9.12. The zero-order valence-corrected chi connectivity index (χ0v) is 7.51. The van der Waals surface area contributed by atoms with Crippen LogP contribution in [0.15, 0.2) is 47.2 Å². The minimum Gasteiger partial charge on any atom is -0.449 e. The van der Waals surface area contributed by atoms with Crippen LogP contribution < -0.4 is 0 Å². The topological polar surface area (TPSA) is 43.1 Å². The Morgan fingerprint density at radius 3 is 2.71 bits per heavy atom. The number of rotatable bonds is 3. The highest BCUT2D eigenvalue weighted by molar-refractivity contribution is 5.96. The molecule has 3 heteroatoms. The number of Topliss-reactive ketones (excluding diaryl/α,β-unsaturated/α-hetero) is 1. The monoisotopic (exact) mass is 187 g/mol. The summed E-state index contributed by atoms with van der Waals surface area (Å²) in [7, 11) is 0. The van der Waals surface area contributed by atoms with Crippen molar-refractivity contribution in [2.45, 2.75) is 6.42 Å². The van der Waals surface area contributed by atoms with E-state index in [2.05, 4.69) is 4.98 Å². The van der Waals surface area contributed by atoms with Gasteiger partial charge in [-0.15, -0.1) is 0 Å². The lowest BCUT2D eigenvalue weighted by molar-refractivity contribution is 0.0985. The van der Waals surface area contributed by atoms with E-state index in [4.69, 9.17) is 4.42 Å². The van der Waals surface area contributed by atoms with E-state index >= 15 is 0 Å². The number of ketones is 1. The van der Waals surface area contributed by atoms with Crippen molar-refractivity contribution in [3.63, 3.8) is 0 Å². The molecule has 0 saturated heterocycles. The van der Waals surface area contributed by atoms with Gasteiger partial charge in [0, 0.05) is 5.56 Å². The first-order chi connectivity index (χ1) is 6.86. The van der Waals surface area contributed by atoms with Crippen LogP contribution in [0.25, 0.3) is 0 Å². The van der Waals surface area contributed by atoms with E-state index in [0.29, 0.717) is 11.5 Å². The molecule has 0 N–H and O–H groups in total. The molecule has 1 aromatic carbocycles. The normalized spacial score (nSPS) is 10.0. The molecule has 3 nitrogen and oxygen atoms in total. The Balaban J connectivity index is 2.11. The molecule has 0 aliphatic rings. The third-order valence-corrected chi connectivity index (χ3v) is 1.89. The number of carbonyl (C=O) groups is 1. The van der Waals surface area contributed by atoms with E-state index in [9.17, 15) is 4.79 Å². The average Bonchev–Trinajstić information content (AvgIpc) is 2.72. The minimum atomic E-state index is 0.0213. The second-order valence-corrected chi connectivity index (χ2v) is 2.89. The highest BCUT2D eigenvalue weighted by Crippen LogP contribution is 2.05. The molecule has 2 rings (SSSR count). The second kappa shape index (κ2) is 3.87. The van der Waals surface area contributed by atoms with E-state index in [0.717, 1.165) is 0 Å². The number of nitrogens with zero attached hydrogens (tertiary/aromatic N) is 1. The first kappa shape index (κ1) is 8.69. The van der Waals surface area contributed by atoms with E-state index in [1.165, 1.54) is 12.5 Å². The average molecular weight is 187 g/mol. The summed E-state index contributed by atoms with van der Waals surface area (Å²) in [6.07, 6.45) is 3.22. The maximum atomic E-state index is 11.6. The van der Waals surface area contributed by atoms with Crippen LogP contribution >= 0.6 is 0 Å². The largest absolute Gasteiger partial charge is 0.449 e. The van der Waals surface area contributed by atoms with Crippen molar-refractivity contribution in [2.24, 2.45) is 0 Å².